The Labute approximate surface area is 132 Å². The minimum Gasteiger partial charge on any atom is -0.350 e. The van der Waals surface area contributed by atoms with Crippen LogP contribution in [0.1, 0.15) is 28.2 Å². The highest BCUT2D eigenvalue weighted by Gasteiger charge is 2.21. The van der Waals surface area contributed by atoms with Crippen LogP contribution >= 0.6 is 23.1 Å². The largest absolute Gasteiger partial charge is 0.350 e. The molecule has 0 aromatic carbocycles. The maximum absolute atomic E-state index is 11.9. The lowest BCUT2D eigenvalue weighted by molar-refractivity contribution is 0.0927. The van der Waals surface area contributed by atoms with Gasteiger partial charge in [-0.25, -0.2) is 0 Å². The summed E-state index contributed by atoms with van der Waals surface area (Å²) in [4.78, 5) is 15.8. The molecule has 0 bridgehead atoms. The number of carbonyl (C=O) groups excluding carboxylic acids is 1. The molecule has 1 N–H and O–H groups in total. The molecule has 21 heavy (non-hydrogen) atoms. The van der Waals surface area contributed by atoms with Gasteiger partial charge in [0, 0.05) is 24.5 Å². The van der Waals surface area contributed by atoms with Gasteiger partial charge in [0.05, 0.1) is 17.9 Å². The van der Waals surface area contributed by atoms with E-state index in [1.54, 1.807) is 0 Å². The molecule has 0 unspecified atom stereocenters. The third kappa shape index (κ3) is 4.09. The lowest BCUT2D eigenvalue weighted by Gasteiger charge is -2.32. The van der Waals surface area contributed by atoms with Crippen molar-refractivity contribution in [2.75, 3.05) is 19.6 Å². The zero-order valence-electron chi connectivity index (χ0n) is 11.7. The highest BCUT2D eigenvalue weighted by atomic mass is 32.1. The molecular formula is C14H18N4OS2. The Morgan fingerprint density at radius 1 is 1.52 bits per heavy atom. The van der Waals surface area contributed by atoms with Gasteiger partial charge >= 0.3 is 0 Å². The van der Waals surface area contributed by atoms with Crippen molar-refractivity contribution in [1.29, 1.82) is 0 Å². The number of hydrogen-bond acceptors (Lipinski definition) is 6. The molecule has 3 rings (SSSR count). The summed E-state index contributed by atoms with van der Waals surface area (Å²) in [5.74, 6) is 0.411. The Kier molecular flexibility index (Phi) is 4.95. The van der Waals surface area contributed by atoms with Crippen molar-refractivity contribution in [1.82, 2.24) is 19.0 Å². The zero-order valence-corrected chi connectivity index (χ0v) is 13.3. The topological polar surface area (TPSA) is 58.1 Å². The van der Waals surface area contributed by atoms with Crippen LogP contribution < -0.4 is 5.32 Å². The van der Waals surface area contributed by atoms with Crippen molar-refractivity contribution in [3.63, 3.8) is 0 Å². The minimum atomic E-state index is -0.112. The van der Waals surface area contributed by atoms with Gasteiger partial charge in [0.15, 0.2) is 5.69 Å². The fourth-order valence-corrected chi connectivity index (χ4v) is 3.84. The van der Waals surface area contributed by atoms with Gasteiger partial charge < -0.3 is 5.32 Å². The second-order valence-electron chi connectivity index (χ2n) is 5.33. The number of hydrogen-bond donors (Lipinski definition) is 1. The molecule has 5 nitrogen and oxygen atoms in total. The zero-order chi connectivity index (χ0) is 14.5. The number of nitrogens with one attached hydrogen (secondary N) is 1. The number of carbonyl (C=O) groups is 1. The molecule has 2 aromatic rings. The standard InChI is InChI=1S/C14H18N4OS2/c19-14(13-8-16-21-17-13)15-7-11-3-1-5-18(9-11)10-12-4-2-6-20-12/h2,4,6,8,11H,1,3,5,7,9-10H2,(H,15,19)/t11-/m0/s1. The van der Waals surface area contributed by atoms with E-state index < -0.39 is 0 Å². The summed E-state index contributed by atoms with van der Waals surface area (Å²) >= 11 is 2.87. The average molecular weight is 322 g/mol. The highest BCUT2D eigenvalue weighted by molar-refractivity contribution is 7.09. The van der Waals surface area contributed by atoms with Gasteiger partial charge in [0.2, 0.25) is 0 Å². The van der Waals surface area contributed by atoms with E-state index in [0.29, 0.717) is 11.6 Å². The predicted octanol–water partition coefficient (Wildman–Crippen LogP) is 2.24. The average Bonchev–Trinajstić information content (AvgIpc) is 3.18. The Morgan fingerprint density at radius 3 is 3.24 bits per heavy atom. The maximum Gasteiger partial charge on any atom is 0.272 e. The van der Waals surface area contributed by atoms with E-state index in [4.69, 9.17) is 0 Å². The van der Waals surface area contributed by atoms with Crippen LogP contribution in [-0.4, -0.2) is 39.2 Å². The molecule has 1 saturated heterocycles. The number of thiophene rings is 1. The Morgan fingerprint density at radius 2 is 2.48 bits per heavy atom. The second-order valence-corrected chi connectivity index (χ2v) is 6.91. The molecule has 1 aliphatic heterocycles. The van der Waals surface area contributed by atoms with Gasteiger partial charge in [0.25, 0.3) is 5.91 Å². The van der Waals surface area contributed by atoms with Gasteiger partial charge in [-0.15, -0.1) is 11.3 Å². The van der Waals surface area contributed by atoms with E-state index in [9.17, 15) is 4.79 Å². The van der Waals surface area contributed by atoms with Crippen LogP contribution in [-0.2, 0) is 6.54 Å². The molecule has 1 fully saturated rings. The van der Waals surface area contributed by atoms with Crippen molar-refractivity contribution >= 4 is 29.0 Å². The van der Waals surface area contributed by atoms with Crippen LogP contribution in [0.15, 0.2) is 23.7 Å². The molecule has 0 radical (unpaired) electrons. The first-order valence-corrected chi connectivity index (χ1v) is 8.73. The normalized spacial score (nSPS) is 19.5. The minimum absolute atomic E-state index is 0.112. The molecule has 1 atom stereocenters. The van der Waals surface area contributed by atoms with Gasteiger partial charge in [0.1, 0.15) is 0 Å². The van der Waals surface area contributed by atoms with Crippen LogP contribution in [0.3, 0.4) is 0 Å². The lowest BCUT2D eigenvalue weighted by atomic mass is 9.98. The summed E-state index contributed by atoms with van der Waals surface area (Å²) in [6.07, 6.45) is 3.89. The molecule has 112 valence electrons. The third-order valence-corrected chi connectivity index (χ3v) is 5.05. The first-order chi connectivity index (χ1) is 10.3. The molecule has 2 aromatic heterocycles. The second kappa shape index (κ2) is 7.11. The molecule has 0 spiro atoms. The smallest absolute Gasteiger partial charge is 0.272 e. The molecular weight excluding hydrogens is 304 g/mol. The summed E-state index contributed by atoms with van der Waals surface area (Å²) in [6.45, 7) is 3.95. The van der Waals surface area contributed by atoms with Gasteiger partial charge in [-0.3, -0.25) is 9.69 Å². The predicted molar refractivity (Wildman–Crippen MR) is 84.6 cm³/mol. The highest BCUT2D eigenvalue weighted by Crippen LogP contribution is 2.20. The van der Waals surface area contributed by atoms with E-state index in [1.165, 1.54) is 23.9 Å². The Bertz CT molecular complexity index is 556. The number of likely N-dealkylation sites (tertiary alicyclic amines) is 1. The Balaban J connectivity index is 1.46. The van der Waals surface area contributed by atoms with E-state index in [2.05, 4.69) is 36.5 Å². The molecule has 0 saturated carbocycles. The van der Waals surface area contributed by atoms with Crippen LogP contribution in [0.5, 0.6) is 0 Å². The molecule has 3 heterocycles. The van der Waals surface area contributed by atoms with Crippen molar-refractivity contribution in [3.8, 4) is 0 Å². The maximum atomic E-state index is 11.9. The number of aromatic nitrogens is 2. The fourth-order valence-electron chi connectivity index (χ4n) is 2.68. The number of amides is 1. The summed E-state index contributed by atoms with van der Waals surface area (Å²) in [5, 5.41) is 5.10. The summed E-state index contributed by atoms with van der Waals surface area (Å²) < 4.78 is 7.81. The number of rotatable bonds is 5. The molecule has 1 amide bonds. The van der Waals surface area contributed by atoms with Crippen molar-refractivity contribution in [2.45, 2.75) is 19.4 Å². The number of piperidine rings is 1. The van der Waals surface area contributed by atoms with Gasteiger partial charge in [-0.1, -0.05) is 6.07 Å². The first-order valence-electron chi connectivity index (χ1n) is 7.12. The van der Waals surface area contributed by atoms with E-state index in [1.807, 2.05) is 11.3 Å². The van der Waals surface area contributed by atoms with E-state index in [-0.39, 0.29) is 5.91 Å². The van der Waals surface area contributed by atoms with Crippen LogP contribution in [0.2, 0.25) is 0 Å². The van der Waals surface area contributed by atoms with Crippen molar-refractivity contribution < 1.29 is 4.79 Å². The third-order valence-electron chi connectivity index (χ3n) is 3.71. The van der Waals surface area contributed by atoms with E-state index in [0.717, 1.165) is 37.9 Å². The molecule has 1 aliphatic rings. The lowest BCUT2D eigenvalue weighted by Crippen LogP contribution is -2.40. The van der Waals surface area contributed by atoms with E-state index >= 15 is 0 Å². The summed E-state index contributed by atoms with van der Waals surface area (Å²) in [7, 11) is 0. The fraction of sp³-hybridized carbons (Fsp3) is 0.500. The molecule has 0 aliphatic carbocycles. The van der Waals surface area contributed by atoms with Crippen LogP contribution in [0.25, 0.3) is 0 Å². The monoisotopic (exact) mass is 322 g/mol. The summed E-state index contributed by atoms with van der Waals surface area (Å²) in [5.41, 5.74) is 0.422. The summed E-state index contributed by atoms with van der Waals surface area (Å²) in [6, 6.07) is 4.29. The SMILES string of the molecule is O=C(NC[C@@H]1CCCN(Cc2cccs2)C1)c1cnsn1. The molecule has 7 heteroatoms. The Hall–Kier alpha value is -1.31. The number of nitrogens with zero attached hydrogens (tertiary/aromatic N) is 3. The van der Waals surface area contributed by atoms with Gasteiger partial charge in [-0.05, 0) is 36.8 Å². The quantitative estimate of drug-likeness (QED) is 0.917. The van der Waals surface area contributed by atoms with Crippen LogP contribution in [0.4, 0.5) is 0 Å². The van der Waals surface area contributed by atoms with Crippen molar-refractivity contribution in [2.24, 2.45) is 5.92 Å². The van der Waals surface area contributed by atoms with Crippen molar-refractivity contribution in [3.05, 3.63) is 34.3 Å². The van der Waals surface area contributed by atoms with Crippen LogP contribution in [0, 0.1) is 5.92 Å². The van der Waals surface area contributed by atoms with Gasteiger partial charge in [-0.2, -0.15) is 8.75 Å². The first kappa shape index (κ1) is 14.6.